The summed E-state index contributed by atoms with van der Waals surface area (Å²) in [5.41, 5.74) is 1.56. The molecule has 0 unspecified atom stereocenters. The van der Waals surface area contributed by atoms with E-state index in [2.05, 4.69) is 20.3 Å². The van der Waals surface area contributed by atoms with Gasteiger partial charge in [0.1, 0.15) is 17.9 Å². The molecule has 0 amide bonds. The van der Waals surface area contributed by atoms with Gasteiger partial charge in [-0.25, -0.2) is 9.97 Å². The Morgan fingerprint density at radius 3 is 2.46 bits per heavy atom. The van der Waals surface area contributed by atoms with Gasteiger partial charge in [0, 0.05) is 6.20 Å². The number of nitro groups is 1. The number of nitrogens with zero attached hydrogens (tertiary/aromatic N) is 4. The zero-order valence-electron chi connectivity index (χ0n) is 13.9. The lowest BCUT2D eigenvalue weighted by atomic mass is 10.1. The number of aryl methyl sites for hydroxylation is 2. The molecule has 132 valence electrons. The topological polar surface area (TPSA) is 103 Å². The number of hydrogen-bond acceptors (Lipinski definition) is 7. The van der Waals surface area contributed by atoms with Crippen molar-refractivity contribution >= 4 is 28.9 Å². The minimum atomic E-state index is -0.601. The van der Waals surface area contributed by atoms with E-state index in [-0.39, 0.29) is 17.4 Å². The number of hydrogen-bond donors (Lipinski definition) is 1. The summed E-state index contributed by atoms with van der Waals surface area (Å²) in [7, 11) is 0. The minimum Gasteiger partial charge on any atom is -0.434 e. The van der Waals surface area contributed by atoms with E-state index in [0.29, 0.717) is 16.6 Å². The second-order valence-corrected chi connectivity index (χ2v) is 5.98. The molecule has 8 nitrogen and oxygen atoms in total. The molecule has 1 N–H and O–H groups in total. The van der Waals surface area contributed by atoms with Crippen molar-refractivity contribution in [1.82, 2.24) is 15.0 Å². The third-order valence-electron chi connectivity index (χ3n) is 3.35. The van der Waals surface area contributed by atoms with Crippen LogP contribution in [-0.2, 0) is 0 Å². The van der Waals surface area contributed by atoms with Gasteiger partial charge in [-0.1, -0.05) is 17.7 Å². The van der Waals surface area contributed by atoms with Crippen LogP contribution in [0.2, 0.25) is 5.02 Å². The zero-order chi connectivity index (χ0) is 18.7. The number of nitrogens with one attached hydrogen (secondary N) is 1. The Morgan fingerprint density at radius 1 is 1.12 bits per heavy atom. The summed E-state index contributed by atoms with van der Waals surface area (Å²) in [6, 6.07) is 8.70. The maximum Gasteiger partial charge on any atom is 0.373 e. The van der Waals surface area contributed by atoms with Crippen molar-refractivity contribution in [2.75, 3.05) is 5.32 Å². The summed E-state index contributed by atoms with van der Waals surface area (Å²) < 4.78 is 5.66. The van der Waals surface area contributed by atoms with Crippen molar-refractivity contribution in [2.24, 2.45) is 0 Å². The Balaban J connectivity index is 1.98. The van der Waals surface area contributed by atoms with Crippen molar-refractivity contribution in [1.29, 1.82) is 0 Å². The minimum absolute atomic E-state index is 0.0285. The molecular formula is C17H14ClN5O3. The fourth-order valence-corrected chi connectivity index (χ4v) is 2.48. The summed E-state index contributed by atoms with van der Waals surface area (Å²) in [6.45, 7) is 3.82. The van der Waals surface area contributed by atoms with Gasteiger partial charge in [-0.2, -0.15) is 4.98 Å². The summed E-state index contributed by atoms with van der Waals surface area (Å²) in [4.78, 5) is 22.9. The number of aromatic nitrogens is 3. The van der Waals surface area contributed by atoms with E-state index in [4.69, 9.17) is 16.3 Å². The van der Waals surface area contributed by atoms with Crippen molar-refractivity contribution in [3.8, 4) is 11.6 Å². The molecule has 0 spiro atoms. The van der Waals surface area contributed by atoms with Gasteiger partial charge in [-0.15, -0.1) is 0 Å². The van der Waals surface area contributed by atoms with Gasteiger partial charge < -0.3 is 10.1 Å². The van der Waals surface area contributed by atoms with Crippen LogP contribution in [0.25, 0.3) is 0 Å². The largest absolute Gasteiger partial charge is 0.434 e. The Hall–Kier alpha value is -3.26. The van der Waals surface area contributed by atoms with Crippen LogP contribution in [0.5, 0.6) is 11.6 Å². The third kappa shape index (κ3) is 4.04. The first-order valence-electron chi connectivity index (χ1n) is 7.56. The molecule has 9 heteroatoms. The van der Waals surface area contributed by atoms with Gasteiger partial charge in [0.2, 0.25) is 5.82 Å². The van der Waals surface area contributed by atoms with E-state index in [9.17, 15) is 10.1 Å². The van der Waals surface area contributed by atoms with E-state index in [1.165, 1.54) is 12.5 Å². The fourth-order valence-electron chi connectivity index (χ4n) is 2.37. The van der Waals surface area contributed by atoms with Gasteiger partial charge in [0.05, 0.1) is 9.95 Å². The highest BCUT2D eigenvalue weighted by molar-refractivity contribution is 6.30. The molecule has 1 aromatic carbocycles. The van der Waals surface area contributed by atoms with E-state index in [1.54, 1.807) is 24.3 Å². The highest BCUT2D eigenvalue weighted by Crippen LogP contribution is 2.35. The monoisotopic (exact) mass is 371 g/mol. The van der Waals surface area contributed by atoms with E-state index < -0.39 is 4.92 Å². The molecule has 0 atom stereocenters. The van der Waals surface area contributed by atoms with Crippen molar-refractivity contribution in [2.45, 2.75) is 13.8 Å². The summed E-state index contributed by atoms with van der Waals surface area (Å²) in [5, 5.41) is 14.8. The van der Waals surface area contributed by atoms with Crippen LogP contribution < -0.4 is 10.1 Å². The number of benzene rings is 1. The number of anilines is 2. The standard InChI is InChI=1S/C17H14ClN5O3/c1-10-5-11(2)7-13(6-10)26-17-15(23(24)25)16(20-9-21-17)22-14-4-3-12(18)8-19-14/h3-9H,1-2H3,(H,19,20,21,22). The van der Waals surface area contributed by atoms with Crippen LogP contribution in [0, 0.1) is 24.0 Å². The van der Waals surface area contributed by atoms with Crippen LogP contribution >= 0.6 is 11.6 Å². The lowest BCUT2D eigenvalue weighted by Gasteiger charge is -2.10. The molecule has 2 aromatic heterocycles. The average molecular weight is 372 g/mol. The molecule has 0 aliphatic rings. The SMILES string of the molecule is Cc1cc(C)cc(Oc2ncnc(Nc3ccc(Cl)cn3)c2[N+](=O)[O-])c1. The van der Waals surface area contributed by atoms with Crippen molar-refractivity contribution in [3.63, 3.8) is 0 Å². The second-order valence-electron chi connectivity index (χ2n) is 5.55. The van der Waals surface area contributed by atoms with Crippen LogP contribution in [0.1, 0.15) is 11.1 Å². The molecule has 0 radical (unpaired) electrons. The molecule has 3 rings (SSSR count). The first-order chi connectivity index (χ1) is 12.4. The molecule has 3 aromatic rings. The maximum atomic E-state index is 11.6. The Kier molecular flexibility index (Phi) is 4.94. The summed E-state index contributed by atoms with van der Waals surface area (Å²) in [5.74, 6) is 0.624. The summed E-state index contributed by atoms with van der Waals surface area (Å²) in [6.07, 6.45) is 2.60. The Morgan fingerprint density at radius 2 is 1.85 bits per heavy atom. The Labute approximate surface area is 154 Å². The first-order valence-corrected chi connectivity index (χ1v) is 7.94. The fraction of sp³-hybridized carbons (Fsp3) is 0.118. The number of pyridine rings is 1. The van der Waals surface area contributed by atoms with Gasteiger partial charge in [0.25, 0.3) is 0 Å². The summed E-state index contributed by atoms with van der Waals surface area (Å²) >= 11 is 5.79. The molecule has 0 aliphatic carbocycles. The van der Waals surface area contributed by atoms with E-state index in [1.807, 2.05) is 19.9 Å². The van der Waals surface area contributed by atoms with Crippen LogP contribution in [-0.4, -0.2) is 19.9 Å². The second kappa shape index (κ2) is 7.32. The zero-order valence-corrected chi connectivity index (χ0v) is 14.7. The molecule has 2 heterocycles. The molecule has 0 saturated heterocycles. The van der Waals surface area contributed by atoms with E-state index >= 15 is 0 Å². The van der Waals surface area contributed by atoms with Crippen molar-refractivity contribution in [3.05, 3.63) is 69.1 Å². The van der Waals surface area contributed by atoms with Gasteiger partial charge >= 0.3 is 11.6 Å². The van der Waals surface area contributed by atoms with Crippen molar-refractivity contribution < 1.29 is 9.66 Å². The molecule has 0 fully saturated rings. The molecule has 0 saturated carbocycles. The van der Waals surface area contributed by atoms with Crippen LogP contribution in [0.15, 0.2) is 42.9 Å². The molecule has 0 aliphatic heterocycles. The number of ether oxygens (including phenoxy) is 1. The van der Waals surface area contributed by atoms with E-state index in [0.717, 1.165) is 11.1 Å². The smallest absolute Gasteiger partial charge is 0.373 e. The predicted octanol–water partition coefficient (Wildman–Crippen LogP) is 4.59. The van der Waals surface area contributed by atoms with Crippen LogP contribution in [0.3, 0.4) is 0 Å². The molecular weight excluding hydrogens is 358 g/mol. The highest BCUT2D eigenvalue weighted by Gasteiger charge is 2.25. The quantitative estimate of drug-likeness (QED) is 0.516. The average Bonchev–Trinajstić information content (AvgIpc) is 2.56. The van der Waals surface area contributed by atoms with Gasteiger partial charge in [-0.05, 0) is 49.2 Å². The first kappa shape index (κ1) is 17.6. The van der Waals surface area contributed by atoms with Gasteiger partial charge in [0.15, 0.2) is 0 Å². The van der Waals surface area contributed by atoms with Gasteiger partial charge in [-0.3, -0.25) is 10.1 Å². The number of rotatable bonds is 5. The number of halogens is 1. The molecule has 26 heavy (non-hydrogen) atoms. The maximum absolute atomic E-state index is 11.6. The third-order valence-corrected chi connectivity index (χ3v) is 3.58. The lowest BCUT2D eigenvalue weighted by Crippen LogP contribution is -2.04. The highest BCUT2D eigenvalue weighted by atomic mass is 35.5. The predicted molar refractivity (Wildman–Crippen MR) is 97.2 cm³/mol. The lowest BCUT2D eigenvalue weighted by molar-refractivity contribution is -0.385. The normalized spacial score (nSPS) is 10.4. The van der Waals surface area contributed by atoms with Crippen LogP contribution in [0.4, 0.5) is 17.3 Å². The molecule has 0 bridgehead atoms. The Bertz CT molecular complexity index is 943.